The topological polar surface area (TPSA) is 239 Å². The van der Waals surface area contributed by atoms with Crippen molar-refractivity contribution >= 4 is 5.97 Å². The average Bonchev–Trinajstić information content (AvgIpc) is 2.70. The number of carbonyl (C=O) groups excluding carboxylic acids is 1. The Balaban J connectivity index is 2.02. The summed E-state index contributed by atoms with van der Waals surface area (Å²) in [4.78, 5) is 10.8. The zero-order valence-corrected chi connectivity index (χ0v) is 15.0. The van der Waals surface area contributed by atoms with Gasteiger partial charge in [-0.2, -0.15) is 0 Å². The lowest BCUT2D eigenvalue weighted by Crippen LogP contribution is -2.62. The van der Waals surface area contributed by atoms with Crippen LogP contribution in [0.4, 0.5) is 0 Å². The number of aliphatic hydroxyl groups excluding tert-OH is 8. The maximum absolute atomic E-state index is 10.8. The van der Waals surface area contributed by atoms with Gasteiger partial charge in [0.15, 0.2) is 12.6 Å². The molecule has 0 aromatic carbocycles. The van der Waals surface area contributed by atoms with Crippen LogP contribution in [-0.2, 0) is 23.7 Å². The maximum atomic E-state index is 10.8. The molecular formula is C15H25O14-. The first-order valence-corrected chi connectivity index (χ1v) is 8.71. The third kappa shape index (κ3) is 5.38. The molecule has 2 aliphatic heterocycles. The molecule has 0 aliphatic carbocycles. The van der Waals surface area contributed by atoms with Crippen molar-refractivity contribution in [2.45, 2.75) is 67.5 Å². The Morgan fingerprint density at radius 3 is 1.86 bits per heavy atom. The number of carboxylic acid groups (broad SMARTS) is 1. The van der Waals surface area contributed by atoms with Gasteiger partial charge in [0.25, 0.3) is 0 Å². The molecule has 0 aromatic rings. The number of aliphatic hydroxyl groups is 8. The van der Waals surface area contributed by atoms with E-state index in [0.717, 1.165) is 0 Å². The molecule has 0 unspecified atom stereocenters. The molecule has 2 heterocycles. The molecule has 0 amide bonds. The van der Waals surface area contributed by atoms with E-state index in [1.54, 1.807) is 0 Å². The molecule has 29 heavy (non-hydrogen) atoms. The van der Waals surface area contributed by atoms with Crippen molar-refractivity contribution in [3.05, 3.63) is 0 Å². The van der Waals surface area contributed by atoms with E-state index in [2.05, 4.69) is 0 Å². The van der Waals surface area contributed by atoms with Crippen LogP contribution < -0.4 is 5.11 Å². The summed E-state index contributed by atoms with van der Waals surface area (Å²) >= 11 is 0. The van der Waals surface area contributed by atoms with E-state index in [1.165, 1.54) is 0 Å². The summed E-state index contributed by atoms with van der Waals surface area (Å²) in [6.45, 7) is -2.32. The first kappa shape index (κ1) is 24.3. The number of carboxylic acids is 1. The van der Waals surface area contributed by atoms with Gasteiger partial charge in [0.1, 0.15) is 54.9 Å². The van der Waals surface area contributed by atoms with Crippen LogP contribution in [0.2, 0.25) is 0 Å². The number of hydrogen-bond donors (Lipinski definition) is 8. The molecule has 170 valence electrons. The summed E-state index contributed by atoms with van der Waals surface area (Å²) < 4.78 is 20.3. The van der Waals surface area contributed by atoms with Crippen LogP contribution in [0.3, 0.4) is 0 Å². The lowest BCUT2D eigenvalue weighted by molar-refractivity contribution is -0.351. The molecule has 8 N–H and O–H groups in total. The van der Waals surface area contributed by atoms with E-state index in [-0.39, 0.29) is 0 Å². The van der Waals surface area contributed by atoms with Crippen LogP contribution in [0.1, 0.15) is 0 Å². The lowest BCUT2D eigenvalue weighted by atomic mass is 9.98. The zero-order valence-electron chi connectivity index (χ0n) is 15.0. The monoisotopic (exact) mass is 429 g/mol. The van der Waals surface area contributed by atoms with Crippen LogP contribution in [0.15, 0.2) is 0 Å². The van der Waals surface area contributed by atoms with Crippen LogP contribution in [0.5, 0.6) is 0 Å². The highest BCUT2D eigenvalue weighted by atomic mass is 16.7. The summed E-state index contributed by atoms with van der Waals surface area (Å²) in [5.74, 6) is -1.81. The molecular weight excluding hydrogens is 404 g/mol. The summed E-state index contributed by atoms with van der Waals surface area (Å²) in [5, 5.41) is 88.2. The SMILES string of the molecule is O=C([O-])[C@@H](CO)O[C@H]1O[C@H](CO[C@H]2O[C@H](CO)[C@@H](O)[C@H](O)[C@H]2O)[C@H](O)[C@H](O)[C@H]1O. The van der Waals surface area contributed by atoms with Crippen LogP contribution >= 0.6 is 0 Å². The Kier molecular flexibility index (Phi) is 8.65. The Labute approximate surface area is 164 Å². The van der Waals surface area contributed by atoms with Crippen molar-refractivity contribution in [1.29, 1.82) is 0 Å². The van der Waals surface area contributed by atoms with Gasteiger partial charge in [0.2, 0.25) is 0 Å². The van der Waals surface area contributed by atoms with Gasteiger partial charge in [-0.25, -0.2) is 0 Å². The van der Waals surface area contributed by atoms with Gasteiger partial charge in [0, 0.05) is 0 Å². The third-order valence-corrected chi connectivity index (χ3v) is 4.67. The predicted molar refractivity (Wildman–Crippen MR) is 83.4 cm³/mol. The normalized spacial score (nSPS) is 44.4. The van der Waals surface area contributed by atoms with Gasteiger partial charge in [-0.3, -0.25) is 0 Å². The predicted octanol–water partition coefficient (Wildman–Crippen LogP) is -7.26. The van der Waals surface area contributed by atoms with Crippen molar-refractivity contribution in [2.24, 2.45) is 0 Å². The van der Waals surface area contributed by atoms with Gasteiger partial charge in [-0.1, -0.05) is 0 Å². The van der Waals surface area contributed by atoms with Gasteiger partial charge in [-0.05, 0) is 0 Å². The van der Waals surface area contributed by atoms with E-state index < -0.39 is 93.3 Å². The Hall–Kier alpha value is -1.01. The molecule has 14 heteroatoms. The largest absolute Gasteiger partial charge is 0.547 e. The highest BCUT2D eigenvalue weighted by Crippen LogP contribution is 2.26. The molecule has 2 aliphatic rings. The number of carbonyl (C=O) groups is 1. The summed E-state index contributed by atoms with van der Waals surface area (Å²) in [6, 6.07) is 0. The lowest BCUT2D eigenvalue weighted by Gasteiger charge is -2.43. The Bertz CT molecular complexity index is 531. The number of rotatable bonds is 8. The molecule has 11 atom stereocenters. The van der Waals surface area contributed by atoms with Gasteiger partial charge < -0.3 is 69.7 Å². The summed E-state index contributed by atoms with van der Waals surface area (Å²) in [7, 11) is 0. The fourth-order valence-electron chi connectivity index (χ4n) is 2.90. The van der Waals surface area contributed by atoms with E-state index in [4.69, 9.17) is 29.2 Å². The molecule has 0 saturated carbocycles. The minimum absolute atomic E-state index is 0.609. The van der Waals surface area contributed by atoms with E-state index in [0.29, 0.717) is 0 Å². The van der Waals surface area contributed by atoms with E-state index >= 15 is 0 Å². The third-order valence-electron chi connectivity index (χ3n) is 4.67. The molecule has 0 spiro atoms. The van der Waals surface area contributed by atoms with Gasteiger partial charge >= 0.3 is 0 Å². The molecule has 0 radical (unpaired) electrons. The van der Waals surface area contributed by atoms with Crippen molar-refractivity contribution < 1.29 is 69.7 Å². The molecule has 2 saturated heterocycles. The zero-order chi connectivity index (χ0) is 21.9. The Morgan fingerprint density at radius 2 is 1.34 bits per heavy atom. The highest BCUT2D eigenvalue weighted by Gasteiger charge is 2.47. The van der Waals surface area contributed by atoms with Crippen molar-refractivity contribution in [3.63, 3.8) is 0 Å². The van der Waals surface area contributed by atoms with Crippen molar-refractivity contribution in [3.8, 4) is 0 Å². The number of ether oxygens (including phenoxy) is 4. The second kappa shape index (κ2) is 10.3. The number of hydrogen-bond acceptors (Lipinski definition) is 14. The highest BCUT2D eigenvalue weighted by molar-refractivity contribution is 5.70. The fourth-order valence-corrected chi connectivity index (χ4v) is 2.90. The van der Waals surface area contributed by atoms with Crippen LogP contribution in [-0.4, -0.2) is 134 Å². The summed E-state index contributed by atoms with van der Waals surface area (Å²) in [6.07, 6.45) is -18.4. The smallest absolute Gasteiger partial charge is 0.187 e. The summed E-state index contributed by atoms with van der Waals surface area (Å²) in [5.41, 5.74) is 0. The molecule has 2 fully saturated rings. The van der Waals surface area contributed by atoms with Gasteiger partial charge in [-0.15, -0.1) is 0 Å². The van der Waals surface area contributed by atoms with Crippen LogP contribution in [0, 0.1) is 0 Å². The molecule has 0 bridgehead atoms. The van der Waals surface area contributed by atoms with Crippen molar-refractivity contribution in [1.82, 2.24) is 0 Å². The second-order valence-electron chi connectivity index (χ2n) is 6.67. The molecule has 14 nitrogen and oxygen atoms in total. The Morgan fingerprint density at radius 1 is 0.828 bits per heavy atom. The van der Waals surface area contributed by atoms with Gasteiger partial charge in [0.05, 0.1) is 25.8 Å². The maximum Gasteiger partial charge on any atom is 0.187 e. The number of aliphatic carboxylic acids is 1. The second-order valence-corrected chi connectivity index (χ2v) is 6.67. The first-order valence-electron chi connectivity index (χ1n) is 8.71. The minimum Gasteiger partial charge on any atom is -0.547 e. The van der Waals surface area contributed by atoms with E-state index in [9.17, 15) is 40.5 Å². The quantitative estimate of drug-likeness (QED) is 0.179. The molecule has 0 aromatic heterocycles. The molecule has 2 rings (SSSR count). The van der Waals surface area contributed by atoms with Crippen LogP contribution in [0.25, 0.3) is 0 Å². The van der Waals surface area contributed by atoms with Crippen molar-refractivity contribution in [2.75, 3.05) is 19.8 Å². The standard InChI is InChI=1S/C15H26O14/c16-1-4-7(18)9(20)11(22)14(27-4)26-3-6-8(19)10(21)12(23)15(29-6)28-5(2-17)13(24)25/h4-12,14-23H,1-3H2,(H,24,25)/p-1/t4-,5-,6-,7-,8+,9+,10+,11-,12-,14+,15+/m1/s1. The van der Waals surface area contributed by atoms with E-state index in [1.807, 2.05) is 0 Å². The average molecular weight is 429 g/mol. The minimum atomic E-state index is -1.89. The first-order chi connectivity index (χ1) is 13.6. The fraction of sp³-hybridized carbons (Fsp3) is 0.933.